The summed E-state index contributed by atoms with van der Waals surface area (Å²) in [6.07, 6.45) is 0.559. The normalized spacial score (nSPS) is 22.5. The van der Waals surface area contributed by atoms with Gasteiger partial charge in [0.15, 0.2) is 5.17 Å². The Morgan fingerprint density at radius 3 is 2.92 bits per heavy atom. The van der Waals surface area contributed by atoms with Crippen molar-refractivity contribution >= 4 is 34.4 Å². The third kappa shape index (κ3) is 2.69. The second-order valence-electron chi connectivity index (χ2n) is 5.93. The van der Waals surface area contributed by atoms with Crippen molar-refractivity contribution < 1.29 is 9.59 Å². The minimum Gasteiger partial charge on any atom is -0.350 e. The van der Waals surface area contributed by atoms with Crippen molar-refractivity contribution in [2.75, 3.05) is 31.1 Å². The monoisotopic (exact) mass is 342 g/mol. The fourth-order valence-corrected chi connectivity index (χ4v) is 4.16. The van der Waals surface area contributed by atoms with E-state index >= 15 is 0 Å². The van der Waals surface area contributed by atoms with Crippen molar-refractivity contribution in [3.05, 3.63) is 41.4 Å². The SMILES string of the molecule is O=C(NCC1=CSC2=NCCN12)C1CCN(c2ccccc2)C1=O. The average Bonchev–Trinajstić information content (AvgIpc) is 3.29. The first kappa shape index (κ1) is 15.3. The summed E-state index contributed by atoms with van der Waals surface area (Å²) < 4.78 is 0. The van der Waals surface area contributed by atoms with Gasteiger partial charge in [-0.25, -0.2) is 0 Å². The highest BCUT2D eigenvalue weighted by Crippen LogP contribution is 2.29. The summed E-state index contributed by atoms with van der Waals surface area (Å²) in [6, 6.07) is 9.50. The molecule has 4 rings (SSSR count). The van der Waals surface area contributed by atoms with E-state index in [-0.39, 0.29) is 11.8 Å². The number of carbonyl (C=O) groups excluding carboxylic acids is 2. The molecule has 3 heterocycles. The zero-order valence-corrected chi connectivity index (χ0v) is 14.0. The van der Waals surface area contributed by atoms with Gasteiger partial charge in [-0.15, -0.1) is 0 Å². The quantitative estimate of drug-likeness (QED) is 0.841. The van der Waals surface area contributed by atoms with E-state index in [0.29, 0.717) is 19.5 Å². The van der Waals surface area contributed by atoms with Crippen LogP contribution in [0, 0.1) is 5.92 Å². The van der Waals surface area contributed by atoms with E-state index in [1.54, 1.807) is 16.7 Å². The van der Waals surface area contributed by atoms with Gasteiger partial charge in [0.05, 0.1) is 13.1 Å². The highest BCUT2D eigenvalue weighted by atomic mass is 32.2. The number of para-hydroxylation sites is 1. The van der Waals surface area contributed by atoms with Crippen LogP contribution in [0.2, 0.25) is 0 Å². The third-order valence-corrected chi connectivity index (χ3v) is 5.43. The van der Waals surface area contributed by atoms with Gasteiger partial charge in [-0.1, -0.05) is 30.0 Å². The van der Waals surface area contributed by atoms with E-state index < -0.39 is 5.92 Å². The molecule has 1 fully saturated rings. The minimum atomic E-state index is -0.591. The van der Waals surface area contributed by atoms with Gasteiger partial charge in [0, 0.05) is 29.9 Å². The van der Waals surface area contributed by atoms with Gasteiger partial charge in [-0.2, -0.15) is 0 Å². The standard InChI is InChI=1S/C17H18N4O2S/c22-15(19-10-13-11-24-17-18-7-9-21(13)17)14-6-8-20(16(14)23)12-4-2-1-3-5-12/h1-5,11,14H,6-10H2,(H,19,22). The van der Waals surface area contributed by atoms with Crippen molar-refractivity contribution in [2.24, 2.45) is 10.9 Å². The Balaban J connectivity index is 1.36. The van der Waals surface area contributed by atoms with E-state index in [1.165, 1.54) is 0 Å². The van der Waals surface area contributed by atoms with E-state index in [4.69, 9.17) is 0 Å². The summed E-state index contributed by atoms with van der Waals surface area (Å²) in [4.78, 5) is 33.2. The molecule has 1 N–H and O–H groups in total. The summed E-state index contributed by atoms with van der Waals surface area (Å²) in [5, 5.41) is 5.94. The molecular weight excluding hydrogens is 324 g/mol. The number of benzene rings is 1. The predicted molar refractivity (Wildman–Crippen MR) is 94.6 cm³/mol. The topological polar surface area (TPSA) is 65.0 Å². The van der Waals surface area contributed by atoms with Gasteiger partial charge in [0.2, 0.25) is 11.8 Å². The first-order chi connectivity index (χ1) is 11.7. The largest absolute Gasteiger partial charge is 0.350 e. The molecule has 7 heteroatoms. The lowest BCUT2D eigenvalue weighted by molar-refractivity contribution is -0.132. The number of carbonyl (C=O) groups is 2. The molecule has 2 amide bonds. The molecule has 1 atom stereocenters. The first-order valence-electron chi connectivity index (χ1n) is 8.06. The van der Waals surface area contributed by atoms with Gasteiger partial charge in [0.25, 0.3) is 0 Å². The molecule has 124 valence electrons. The number of aliphatic imine (C=N–C) groups is 1. The average molecular weight is 342 g/mol. The van der Waals surface area contributed by atoms with E-state index in [2.05, 4.69) is 15.2 Å². The number of amidine groups is 1. The third-order valence-electron chi connectivity index (χ3n) is 4.48. The minimum absolute atomic E-state index is 0.114. The number of nitrogens with one attached hydrogen (secondary N) is 1. The van der Waals surface area contributed by atoms with Crippen LogP contribution in [0.5, 0.6) is 0 Å². The summed E-state index contributed by atoms with van der Waals surface area (Å²) in [5.74, 6) is -0.891. The number of nitrogens with zero attached hydrogens (tertiary/aromatic N) is 3. The zero-order valence-electron chi connectivity index (χ0n) is 13.1. The number of amides is 2. The molecule has 0 aliphatic carbocycles. The number of rotatable bonds is 4. The van der Waals surface area contributed by atoms with Crippen molar-refractivity contribution in [1.82, 2.24) is 10.2 Å². The Hall–Kier alpha value is -2.28. The molecule has 1 aromatic carbocycles. The molecule has 0 bridgehead atoms. The molecule has 0 spiro atoms. The van der Waals surface area contributed by atoms with Crippen LogP contribution in [0.15, 0.2) is 46.4 Å². The molecule has 0 radical (unpaired) electrons. The number of hydrogen-bond donors (Lipinski definition) is 1. The van der Waals surface area contributed by atoms with Gasteiger partial charge in [-0.05, 0) is 18.6 Å². The molecule has 6 nitrogen and oxygen atoms in total. The molecule has 3 aliphatic heterocycles. The van der Waals surface area contributed by atoms with E-state index in [9.17, 15) is 9.59 Å². The Kier molecular flexibility index (Phi) is 4.02. The van der Waals surface area contributed by atoms with E-state index in [0.717, 1.165) is 29.6 Å². The van der Waals surface area contributed by atoms with Crippen LogP contribution in [0.4, 0.5) is 5.69 Å². The molecule has 1 saturated heterocycles. The smallest absolute Gasteiger partial charge is 0.239 e. The Bertz CT molecular complexity index is 731. The lowest BCUT2D eigenvalue weighted by Gasteiger charge is -2.18. The highest BCUT2D eigenvalue weighted by molar-refractivity contribution is 8.16. The fourth-order valence-electron chi connectivity index (χ4n) is 3.20. The van der Waals surface area contributed by atoms with E-state index in [1.807, 2.05) is 35.7 Å². The molecule has 24 heavy (non-hydrogen) atoms. The van der Waals surface area contributed by atoms with Crippen LogP contribution < -0.4 is 10.2 Å². The van der Waals surface area contributed by atoms with Crippen LogP contribution in [0.1, 0.15) is 6.42 Å². The maximum Gasteiger partial charge on any atom is 0.239 e. The zero-order chi connectivity index (χ0) is 16.5. The van der Waals surface area contributed by atoms with Crippen LogP contribution in [0.3, 0.4) is 0 Å². The first-order valence-corrected chi connectivity index (χ1v) is 8.94. The fraction of sp³-hybridized carbons (Fsp3) is 0.353. The Morgan fingerprint density at radius 1 is 1.25 bits per heavy atom. The Labute approximate surface area is 144 Å². The maximum atomic E-state index is 12.5. The molecule has 1 unspecified atom stereocenters. The molecular formula is C17H18N4O2S. The number of hydrogen-bond acceptors (Lipinski definition) is 5. The van der Waals surface area contributed by atoms with Crippen molar-refractivity contribution in [1.29, 1.82) is 0 Å². The van der Waals surface area contributed by atoms with Crippen molar-refractivity contribution in [3.8, 4) is 0 Å². The lowest BCUT2D eigenvalue weighted by Crippen LogP contribution is -2.39. The van der Waals surface area contributed by atoms with Crippen molar-refractivity contribution in [2.45, 2.75) is 6.42 Å². The van der Waals surface area contributed by atoms with Gasteiger partial charge < -0.3 is 15.1 Å². The van der Waals surface area contributed by atoms with Crippen LogP contribution in [-0.4, -0.2) is 48.1 Å². The Morgan fingerprint density at radius 2 is 2.08 bits per heavy atom. The molecule has 0 saturated carbocycles. The van der Waals surface area contributed by atoms with Crippen molar-refractivity contribution in [3.63, 3.8) is 0 Å². The number of thioether (sulfide) groups is 1. The molecule has 0 aromatic heterocycles. The summed E-state index contributed by atoms with van der Waals surface area (Å²) in [6.45, 7) is 2.71. The predicted octanol–water partition coefficient (Wildman–Crippen LogP) is 1.42. The molecule has 1 aromatic rings. The molecule has 3 aliphatic rings. The van der Waals surface area contributed by atoms with Crippen LogP contribution >= 0.6 is 11.8 Å². The van der Waals surface area contributed by atoms with Gasteiger partial charge >= 0.3 is 0 Å². The van der Waals surface area contributed by atoms with Crippen LogP contribution in [-0.2, 0) is 9.59 Å². The second-order valence-corrected chi connectivity index (χ2v) is 6.76. The number of fused-ring (bicyclic) bond motifs is 1. The van der Waals surface area contributed by atoms with Gasteiger partial charge in [-0.3, -0.25) is 14.6 Å². The highest BCUT2D eigenvalue weighted by Gasteiger charge is 2.37. The summed E-state index contributed by atoms with van der Waals surface area (Å²) in [5.41, 5.74) is 1.90. The van der Waals surface area contributed by atoms with Gasteiger partial charge in [0.1, 0.15) is 5.92 Å². The summed E-state index contributed by atoms with van der Waals surface area (Å²) in [7, 11) is 0. The van der Waals surface area contributed by atoms with Crippen LogP contribution in [0.25, 0.3) is 0 Å². The number of anilines is 1. The summed E-state index contributed by atoms with van der Waals surface area (Å²) >= 11 is 1.59. The second kappa shape index (κ2) is 6.32. The maximum absolute atomic E-state index is 12.5. The lowest BCUT2D eigenvalue weighted by atomic mass is 10.1.